The Morgan fingerprint density at radius 1 is 1.16 bits per heavy atom. The van der Waals surface area contributed by atoms with Crippen molar-refractivity contribution in [3.05, 3.63) is 47.5 Å². The Morgan fingerprint density at radius 3 is 2.58 bits per heavy atom. The molecule has 0 unspecified atom stereocenters. The first kappa shape index (κ1) is 12.8. The van der Waals surface area contributed by atoms with E-state index in [-0.39, 0.29) is 22.8 Å². The van der Waals surface area contributed by atoms with Crippen molar-refractivity contribution in [2.24, 2.45) is 0 Å². The van der Waals surface area contributed by atoms with Crippen molar-refractivity contribution in [1.82, 2.24) is 0 Å². The van der Waals surface area contributed by atoms with E-state index < -0.39 is 5.91 Å². The molecule has 2 aromatic rings. The number of nitrogens with one attached hydrogen (secondary N) is 1. The van der Waals surface area contributed by atoms with E-state index in [1.807, 2.05) is 0 Å². The third kappa shape index (κ3) is 2.60. The van der Waals surface area contributed by atoms with Gasteiger partial charge in [-0.05, 0) is 42.8 Å². The van der Waals surface area contributed by atoms with Crippen LogP contribution in [0.1, 0.15) is 15.9 Å². The number of phenolic OH excluding ortho intramolecular Hbond substituents is 3. The first-order chi connectivity index (χ1) is 8.99. The Kier molecular flexibility index (Phi) is 3.29. The Hall–Kier alpha value is -2.69. The molecular formula is C14H12NO4. The summed E-state index contributed by atoms with van der Waals surface area (Å²) in [6.07, 6.45) is 0. The van der Waals surface area contributed by atoms with Gasteiger partial charge in [0.15, 0.2) is 11.5 Å². The van der Waals surface area contributed by atoms with Crippen molar-refractivity contribution in [2.45, 2.75) is 6.92 Å². The standard InChI is InChI=1S/C14H12NO4/c1-8-3-2-4-10(13(8)18)14(19)15-9-5-6-11(16)12(17)7-9/h3-7,16-18H,1H3,(H,15,19). The SMILES string of the molecule is Cc1c[c]cc(C(=O)Nc2ccc(O)c(O)c2)c1O. The lowest BCUT2D eigenvalue weighted by Gasteiger charge is -2.08. The van der Waals surface area contributed by atoms with Crippen molar-refractivity contribution in [1.29, 1.82) is 0 Å². The van der Waals surface area contributed by atoms with E-state index >= 15 is 0 Å². The van der Waals surface area contributed by atoms with E-state index in [2.05, 4.69) is 11.4 Å². The van der Waals surface area contributed by atoms with Crippen LogP contribution in [0, 0.1) is 13.0 Å². The molecule has 1 amide bonds. The number of benzene rings is 2. The van der Waals surface area contributed by atoms with Crippen molar-refractivity contribution >= 4 is 11.6 Å². The van der Waals surface area contributed by atoms with E-state index in [9.17, 15) is 15.0 Å². The first-order valence-corrected chi connectivity index (χ1v) is 5.52. The number of carbonyl (C=O) groups is 1. The number of phenols is 3. The van der Waals surface area contributed by atoms with E-state index in [4.69, 9.17) is 5.11 Å². The van der Waals surface area contributed by atoms with Crippen molar-refractivity contribution < 1.29 is 20.1 Å². The van der Waals surface area contributed by atoms with Gasteiger partial charge in [0, 0.05) is 11.8 Å². The summed E-state index contributed by atoms with van der Waals surface area (Å²) >= 11 is 0. The lowest BCUT2D eigenvalue weighted by molar-refractivity contribution is 0.102. The highest BCUT2D eigenvalue weighted by atomic mass is 16.3. The molecule has 19 heavy (non-hydrogen) atoms. The number of anilines is 1. The van der Waals surface area contributed by atoms with Gasteiger partial charge in [0.2, 0.25) is 0 Å². The number of aryl methyl sites for hydroxylation is 1. The molecule has 5 nitrogen and oxygen atoms in total. The largest absolute Gasteiger partial charge is 0.507 e. The molecule has 0 saturated heterocycles. The van der Waals surface area contributed by atoms with E-state index in [0.29, 0.717) is 11.3 Å². The zero-order valence-electron chi connectivity index (χ0n) is 10.1. The van der Waals surface area contributed by atoms with Gasteiger partial charge in [0.05, 0.1) is 5.56 Å². The molecule has 2 aromatic carbocycles. The molecule has 0 spiro atoms. The molecule has 5 heteroatoms. The van der Waals surface area contributed by atoms with Crippen LogP contribution in [0.4, 0.5) is 5.69 Å². The van der Waals surface area contributed by atoms with Crippen LogP contribution < -0.4 is 5.32 Å². The van der Waals surface area contributed by atoms with Crippen LogP contribution in [0.2, 0.25) is 0 Å². The molecular weight excluding hydrogens is 246 g/mol. The van der Waals surface area contributed by atoms with Crippen molar-refractivity contribution in [3.8, 4) is 17.2 Å². The molecule has 0 aliphatic rings. The summed E-state index contributed by atoms with van der Waals surface area (Å²) in [5.74, 6) is -1.25. The maximum absolute atomic E-state index is 11.9. The number of carbonyl (C=O) groups excluding carboxylic acids is 1. The fourth-order valence-corrected chi connectivity index (χ4v) is 1.57. The third-order valence-electron chi connectivity index (χ3n) is 2.63. The molecule has 0 heterocycles. The lowest BCUT2D eigenvalue weighted by atomic mass is 10.1. The van der Waals surface area contributed by atoms with E-state index in [1.54, 1.807) is 13.0 Å². The first-order valence-electron chi connectivity index (χ1n) is 5.52. The number of hydrogen-bond donors (Lipinski definition) is 4. The zero-order chi connectivity index (χ0) is 14.0. The molecule has 1 radical (unpaired) electrons. The Bertz CT molecular complexity index is 637. The van der Waals surface area contributed by atoms with Gasteiger partial charge in [-0.3, -0.25) is 4.79 Å². The Balaban J connectivity index is 2.26. The van der Waals surface area contributed by atoms with Gasteiger partial charge in [0.1, 0.15) is 5.75 Å². The summed E-state index contributed by atoms with van der Waals surface area (Å²) < 4.78 is 0. The number of aromatic hydroxyl groups is 3. The van der Waals surface area contributed by atoms with Crippen LogP contribution in [0.3, 0.4) is 0 Å². The zero-order valence-corrected chi connectivity index (χ0v) is 10.1. The normalized spacial score (nSPS) is 10.2. The van der Waals surface area contributed by atoms with Crippen molar-refractivity contribution in [3.63, 3.8) is 0 Å². The summed E-state index contributed by atoms with van der Waals surface area (Å²) in [7, 11) is 0. The molecule has 0 fully saturated rings. The predicted octanol–water partition coefficient (Wildman–Crippen LogP) is 2.16. The highest BCUT2D eigenvalue weighted by Crippen LogP contribution is 2.28. The van der Waals surface area contributed by atoms with Gasteiger partial charge in [0.25, 0.3) is 5.91 Å². The Morgan fingerprint density at radius 2 is 1.89 bits per heavy atom. The fourth-order valence-electron chi connectivity index (χ4n) is 1.57. The smallest absolute Gasteiger partial charge is 0.259 e. The van der Waals surface area contributed by atoms with Crippen LogP contribution in [0.25, 0.3) is 0 Å². The van der Waals surface area contributed by atoms with Crippen LogP contribution in [-0.4, -0.2) is 21.2 Å². The molecule has 0 bridgehead atoms. The van der Waals surface area contributed by atoms with Crippen LogP contribution in [0.15, 0.2) is 30.3 Å². The highest BCUT2D eigenvalue weighted by molar-refractivity contribution is 6.06. The average molecular weight is 258 g/mol. The third-order valence-corrected chi connectivity index (χ3v) is 2.63. The Labute approximate surface area is 109 Å². The molecule has 97 valence electrons. The topological polar surface area (TPSA) is 89.8 Å². The quantitative estimate of drug-likeness (QED) is 0.491. The monoisotopic (exact) mass is 258 g/mol. The summed E-state index contributed by atoms with van der Waals surface area (Å²) in [6.45, 7) is 1.66. The van der Waals surface area contributed by atoms with Gasteiger partial charge >= 0.3 is 0 Å². The van der Waals surface area contributed by atoms with E-state index in [0.717, 1.165) is 0 Å². The molecule has 4 N–H and O–H groups in total. The minimum absolute atomic E-state index is 0.0903. The summed E-state index contributed by atoms with van der Waals surface area (Å²) in [5.41, 5.74) is 0.940. The molecule has 0 saturated carbocycles. The number of hydrogen-bond acceptors (Lipinski definition) is 4. The van der Waals surface area contributed by atoms with Gasteiger partial charge < -0.3 is 20.6 Å². The molecule has 0 aliphatic heterocycles. The second-order valence-electron chi connectivity index (χ2n) is 4.06. The number of rotatable bonds is 2. The van der Waals surface area contributed by atoms with Crippen molar-refractivity contribution in [2.75, 3.05) is 5.32 Å². The number of amides is 1. The molecule has 0 aromatic heterocycles. The van der Waals surface area contributed by atoms with Gasteiger partial charge in [-0.25, -0.2) is 0 Å². The van der Waals surface area contributed by atoms with Crippen LogP contribution >= 0.6 is 0 Å². The minimum Gasteiger partial charge on any atom is -0.507 e. The maximum Gasteiger partial charge on any atom is 0.259 e. The van der Waals surface area contributed by atoms with Crippen LogP contribution in [0.5, 0.6) is 17.2 Å². The molecule has 0 atom stereocenters. The van der Waals surface area contributed by atoms with Gasteiger partial charge in [-0.2, -0.15) is 0 Å². The maximum atomic E-state index is 11.9. The minimum atomic E-state index is -0.525. The summed E-state index contributed by atoms with van der Waals surface area (Å²) in [5, 5.41) is 30.8. The van der Waals surface area contributed by atoms with Crippen LogP contribution in [-0.2, 0) is 0 Å². The lowest BCUT2D eigenvalue weighted by Crippen LogP contribution is -2.12. The second-order valence-corrected chi connectivity index (χ2v) is 4.06. The van der Waals surface area contributed by atoms with E-state index in [1.165, 1.54) is 24.3 Å². The summed E-state index contributed by atoms with van der Waals surface area (Å²) in [6, 6.07) is 9.59. The highest BCUT2D eigenvalue weighted by Gasteiger charge is 2.13. The summed E-state index contributed by atoms with van der Waals surface area (Å²) in [4.78, 5) is 11.9. The second kappa shape index (κ2) is 4.89. The van der Waals surface area contributed by atoms with Gasteiger partial charge in [-0.1, -0.05) is 0 Å². The van der Waals surface area contributed by atoms with Gasteiger partial charge in [-0.15, -0.1) is 0 Å². The predicted molar refractivity (Wildman–Crippen MR) is 69.4 cm³/mol. The fraction of sp³-hybridized carbons (Fsp3) is 0.0714. The molecule has 0 aliphatic carbocycles. The average Bonchev–Trinajstić information content (AvgIpc) is 2.37. The molecule has 2 rings (SSSR count).